The van der Waals surface area contributed by atoms with Crippen molar-refractivity contribution in [1.29, 1.82) is 0 Å². The van der Waals surface area contributed by atoms with Gasteiger partial charge in [-0.15, -0.1) is 0 Å². The van der Waals surface area contributed by atoms with Gasteiger partial charge >= 0.3 is 0 Å². The summed E-state index contributed by atoms with van der Waals surface area (Å²) in [6.07, 6.45) is 3.60. The van der Waals surface area contributed by atoms with Crippen LogP contribution >= 0.6 is 0 Å². The van der Waals surface area contributed by atoms with Crippen molar-refractivity contribution < 1.29 is 19.3 Å². The molecule has 3 unspecified atom stereocenters. The van der Waals surface area contributed by atoms with Gasteiger partial charge < -0.3 is 4.74 Å². The number of hydrogen-bond acceptors (Lipinski definition) is 5. The van der Waals surface area contributed by atoms with Gasteiger partial charge in [-0.3, -0.25) is 14.6 Å². The molecule has 0 aromatic heterocycles. The summed E-state index contributed by atoms with van der Waals surface area (Å²) in [5, 5.41) is 0. The zero-order valence-electron chi connectivity index (χ0n) is 14.8. The quantitative estimate of drug-likeness (QED) is 0.514. The summed E-state index contributed by atoms with van der Waals surface area (Å²) in [7, 11) is 0. The SMILES string of the molecule is O=C1CC2OCC=C3CN4CC[C@]56c7ccccc7N1C51OOC([C@@H]3[C@H]21)[C@@H]46. The lowest BCUT2D eigenvalue weighted by atomic mass is 9.49. The molecule has 8 aliphatic rings. The Morgan fingerprint density at radius 1 is 1.22 bits per heavy atom. The van der Waals surface area contributed by atoms with E-state index in [1.54, 1.807) is 0 Å². The van der Waals surface area contributed by atoms with Crippen LogP contribution in [0.4, 0.5) is 5.69 Å². The number of anilines is 1. The van der Waals surface area contributed by atoms with Crippen molar-refractivity contribution in [2.75, 3.05) is 24.6 Å². The molecule has 138 valence electrons. The summed E-state index contributed by atoms with van der Waals surface area (Å²) in [6, 6.07) is 8.71. The van der Waals surface area contributed by atoms with Crippen molar-refractivity contribution >= 4 is 11.6 Å². The number of para-hydroxylation sites is 1. The number of ether oxygens (including phenoxy) is 1. The fourth-order valence-electron chi connectivity index (χ4n) is 8.00. The average molecular weight is 364 g/mol. The highest BCUT2D eigenvalue weighted by molar-refractivity contribution is 6.00. The Balaban J connectivity index is 1.53. The molecule has 1 aromatic carbocycles. The molecule has 5 saturated heterocycles. The zero-order valence-corrected chi connectivity index (χ0v) is 14.8. The van der Waals surface area contributed by atoms with Crippen LogP contribution in [0.3, 0.4) is 0 Å². The predicted octanol–water partition coefficient (Wildman–Crippen LogP) is 1.36. The van der Waals surface area contributed by atoms with Crippen LogP contribution in [0.2, 0.25) is 0 Å². The van der Waals surface area contributed by atoms with E-state index in [-0.39, 0.29) is 41.4 Å². The summed E-state index contributed by atoms with van der Waals surface area (Å²) >= 11 is 0. The maximum Gasteiger partial charge on any atom is 0.232 e. The maximum absolute atomic E-state index is 13.4. The summed E-state index contributed by atoms with van der Waals surface area (Å²) < 4.78 is 6.26. The van der Waals surface area contributed by atoms with E-state index in [9.17, 15) is 4.79 Å². The molecule has 0 N–H and O–H groups in total. The number of benzene rings is 1. The van der Waals surface area contributed by atoms with E-state index in [0.29, 0.717) is 13.0 Å². The van der Waals surface area contributed by atoms with Crippen LogP contribution < -0.4 is 4.90 Å². The average Bonchev–Trinajstić information content (AvgIpc) is 3.14. The summed E-state index contributed by atoms with van der Waals surface area (Å²) in [5.74, 6) is 0.514. The van der Waals surface area contributed by atoms with Crippen LogP contribution in [0, 0.1) is 11.8 Å². The van der Waals surface area contributed by atoms with Gasteiger partial charge in [-0.1, -0.05) is 29.8 Å². The molecule has 27 heavy (non-hydrogen) atoms. The minimum absolute atomic E-state index is 0.0183. The lowest BCUT2D eigenvalue weighted by Gasteiger charge is -2.69. The minimum atomic E-state index is -0.778. The Morgan fingerprint density at radius 2 is 2.15 bits per heavy atom. The second-order valence-electron chi connectivity index (χ2n) is 9.13. The van der Waals surface area contributed by atoms with Crippen molar-refractivity contribution in [1.82, 2.24) is 4.90 Å². The first-order valence-electron chi connectivity index (χ1n) is 10.1. The van der Waals surface area contributed by atoms with Gasteiger partial charge in [0, 0.05) is 24.9 Å². The number of nitrogens with zero attached hydrogens (tertiary/aromatic N) is 2. The van der Waals surface area contributed by atoms with E-state index in [0.717, 1.165) is 25.2 Å². The van der Waals surface area contributed by atoms with Crippen LogP contribution in [-0.4, -0.2) is 54.5 Å². The van der Waals surface area contributed by atoms with Crippen molar-refractivity contribution in [3.05, 3.63) is 41.5 Å². The number of piperidine rings is 2. The molecule has 6 fully saturated rings. The largest absolute Gasteiger partial charge is 0.373 e. The summed E-state index contributed by atoms with van der Waals surface area (Å²) in [6.45, 7) is 2.60. The molecule has 7 aliphatic heterocycles. The molecular weight excluding hydrogens is 344 g/mol. The fraction of sp³-hybridized carbons (Fsp3) is 0.571. The monoisotopic (exact) mass is 364 g/mol. The van der Waals surface area contributed by atoms with E-state index >= 15 is 0 Å². The Morgan fingerprint density at radius 3 is 3.11 bits per heavy atom. The molecule has 2 spiro atoms. The van der Waals surface area contributed by atoms with Crippen LogP contribution in [0.5, 0.6) is 0 Å². The lowest BCUT2D eigenvalue weighted by Crippen LogP contribution is -2.85. The lowest BCUT2D eigenvalue weighted by molar-refractivity contribution is -0.491. The Bertz CT molecular complexity index is 961. The number of carbonyl (C=O) groups excluding carboxylic acids is 1. The predicted molar refractivity (Wildman–Crippen MR) is 93.7 cm³/mol. The van der Waals surface area contributed by atoms with Gasteiger partial charge in [0.25, 0.3) is 0 Å². The molecule has 9 rings (SSSR count). The van der Waals surface area contributed by atoms with Crippen molar-refractivity contribution in [2.45, 2.75) is 42.2 Å². The van der Waals surface area contributed by atoms with Crippen LogP contribution in [-0.2, 0) is 24.7 Å². The number of fused-ring (bicyclic) bond motifs is 3. The summed E-state index contributed by atoms with van der Waals surface area (Å²) in [5.41, 5.74) is 2.72. The first-order valence-corrected chi connectivity index (χ1v) is 10.1. The van der Waals surface area contributed by atoms with E-state index < -0.39 is 5.72 Å². The number of rotatable bonds is 0. The topological polar surface area (TPSA) is 51.2 Å². The Kier molecular flexibility index (Phi) is 2.20. The third-order valence-corrected chi connectivity index (χ3v) is 8.57. The molecule has 7 atom stereocenters. The van der Waals surface area contributed by atoms with Gasteiger partial charge in [-0.05, 0) is 18.1 Å². The number of hydrogen-bond donors (Lipinski definition) is 0. The molecule has 7 heterocycles. The first kappa shape index (κ1) is 14.3. The van der Waals surface area contributed by atoms with Crippen molar-refractivity contribution in [3.63, 3.8) is 0 Å². The smallest absolute Gasteiger partial charge is 0.232 e. The molecule has 6 heteroatoms. The van der Waals surface area contributed by atoms with Crippen LogP contribution in [0.25, 0.3) is 0 Å². The maximum atomic E-state index is 13.4. The number of amides is 1. The fourth-order valence-corrected chi connectivity index (χ4v) is 8.00. The molecule has 0 radical (unpaired) electrons. The first-order chi connectivity index (χ1) is 13.3. The number of carbonyl (C=O) groups is 1. The zero-order chi connectivity index (χ0) is 17.5. The highest BCUT2D eigenvalue weighted by atomic mass is 17.2. The molecule has 1 aliphatic carbocycles. The van der Waals surface area contributed by atoms with Gasteiger partial charge in [0.05, 0.1) is 36.3 Å². The van der Waals surface area contributed by atoms with Gasteiger partial charge in [-0.2, -0.15) is 0 Å². The van der Waals surface area contributed by atoms with E-state index in [4.69, 9.17) is 14.5 Å². The molecule has 1 saturated carbocycles. The van der Waals surface area contributed by atoms with Crippen LogP contribution in [0.1, 0.15) is 18.4 Å². The molecule has 1 aromatic rings. The molecular formula is C21H20N2O4. The van der Waals surface area contributed by atoms with Gasteiger partial charge in [0.1, 0.15) is 6.10 Å². The van der Waals surface area contributed by atoms with Gasteiger partial charge in [0.2, 0.25) is 5.91 Å². The summed E-state index contributed by atoms with van der Waals surface area (Å²) in [4.78, 5) is 30.4. The molecule has 4 bridgehead atoms. The third kappa shape index (κ3) is 1.20. The standard InChI is InChI=1S/C21H20N2O4/c24-15-9-14-17-16-11(5-8-25-14)10-22-7-6-20-12-3-1-2-4-13(12)23(15)21(17,20)27-26-18(16)19(20)22/h1-5,14,16-19H,6-10H2/t14?,16-,17-,18?,19+,20+,21?/m0/s1. The molecule has 1 amide bonds. The minimum Gasteiger partial charge on any atom is -0.373 e. The normalized spacial score (nSPS) is 50.5. The Labute approximate surface area is 156 Å². The van der Waals surface area contributed by atoms with E-state index in [2.05, 4.69) is 29.2 Å². The van der Waals surface area contributed by atoms with Gasteiger partial charge in [0.15, 0.2) is 5.72 Å². The van der Waals surface area contributed by atoms with E-state index in [1.165, 1.54) is 11.1 Å². The van der Waals surface area contributed by atoms with Gasteiger partial charge in [-0.25, -0.2) is 9.78 Å². The highest BCUT2D eigenvalue weighted by Gasteiger charge is 2.85. The second-order valence-corrected chi connectivity index (χ2v) is 9.13. The van der Waals surface area contributed by atoms with Crippen LogP contribution in [0.15, 0.2) is 35.9 Å². The van der Waals surface area contributed by atoms with Crippen molar-refractivity contribution in [2.24, 2.45) is 11.8 Å². The second kappa shape index (κ2) is 4.15. The Hall–Kier alpha value is -1.73. The van der Waals surface area contributed by atoms with E-state index in [1.807, 2.05) is 11.0 Å². The molecule has 6 nitrogen and oxygen atoms in total. The highest BCUT2D eigenvalue weighted by Crippen LogP contribution is 2.73. The third-order valence-electron chi connectivity index (χ3n) is 8.57. The van der Waals surface area contributed by atoms with Crippen molar-refractivity contribution in [3.8, 4) is 0 Å².